The van der Waals surface area contributed by atoms with Gasteiger partial charge in [-0.1, -0.05) is 0 Å². The molecule has 16 heavy (non-hydrogen) atoms. The first-order valence-corrected chi connectivity index (χ1v) is 7.78. The average molecular weight is 356 g/mol. The fourth-order valence-corrected chi connectivity index (χ4v) is 2.59. The minimum atomic E-state index is -3.06. The van der Waals surface area contributed by atoms with Gasteiger partial charge in [0.05, 0.1) is 17.0 Å². The molecule has 0 unspecified atom stereocenters. The van der Waals surface area contributed by atoms with E-state index in [4.69, 9.17) is 0 Å². The van der Waals surface area contributed by atoms with Gasteiger partial charge in [0, 0.05) is 11.8 Å². The van der Waals surface area contributed by atoms with Crippen molar-refractivity contribution in [3.8, 4) is 0 Å². The van der Waals surface area contributed by atoms with Gasteiger partial charge < -0.3 is 0 Å². The van der Waals surface area contributed by atoms with Gasteiger partial charge in [-0.3, -0.25) is 4.68 Å². The van der Waals surface area contributed by atoms with Crippen molar-refractivity contribution in [3.05, 3.63) is 15.5 Å². The number of aryl methyl sites for hydroxylation is 2. The van der Waals surface area contributed by atoms with E-state index in [1.807, 2.05) is 13.1 Å². The molecule has 0 N–H and O–H groups in total. The molecule has 4 nitrogen and oxygen atoms in total. The Balaban J connectivity index is 2.73. The van der Waals surface area contributed by atoms with Crippen LogP contribution in [0.3, 0.4) is 0 Å². The molecule has 0 saturated carbocycles. The number of nitrogens with zero attached hydrogens (tertiary/aromatic N) is 2. The second-order valence-corrected chi connectivity index (χ2v) is 8.68. The third kappa shape index (κ3) is 3.19. The van der Waals surface area contributed by atoms with Gasteiger partial charge in [-0.15, -0.1) is 0 Å². The normalized spacial score (nSPS) is 13.1. The summed E-state index contributed by atoms with van der Waals surface area (Å²) >= 11 is 2.14. The monoisotopic (exact) mass is 356 g/mol. The molecule has 0 aliphatic heterocycles. The Hall–Kier alpha value is -0.110. The van der Waals surface area contributed by atoms with Gasteiger partial charge in [-0.05, 0) is 50.3 Å². The van der Waals surface area contributed by atoms with E-state index in [9.17, 15) is 8.42 Å². The maximum Gasteiger partial charge on any atom is 0.157 e. The number of halogens is 1. The predicted molar refractivity (Wildman–Crippen MR) is 73.2 cm³/mol. The maximum atomic E-state index is 11.9. The Morgan fingerprint density at radius 1 is 1.44 bits per heavy atom. The minimum absolute atomic E-state index is 0.133. The molecule has 92 valence electrons. The zero-order valence-electron chi connectivity index (χ0n) is 9.99. The van der Waals surface area contributed by atoms with E-state index in [1.54, 1.807) is 25.5 Å². The number of hydrogen-bond donors (Lipinski definition) is 0. The average Bonchev–Trinajstić information content (AvgIpc) is 2.41. The van der Waals surface area contributed by atoms with Crippen LogP contribution in [0.2, 0.25) is 0 Å². The van der Waals surface area contributed by atoms with Crippen LogP contribution in [-0.4, -0.2) is 28.7 Å². The van der Waals surface area contributed by atoms with E-state index in [2.05, 4.69) is 27.7 Å². The van der Waals surface area contributed by atoms with Gasteiger partial charge in [0.25, 0.3) is 0 Å². The highest BCUT2D eigenvalue weighted by molar-refractivity contribution is 14.1. The SMILES string of the molecule is Cc1cn(CCS(=O)(=O)C(C)(C)C)nc1I. The van der Waals surface area contributed by atoms with Crippen LogP contribution in [-0.2, 0) is 16.4 Å². The molecule has 0 saturated heterocycles. The highest BCUT2D eigenvalue weighted by Gasteiger charge is 2.28. The fourth-order valence-electron chi connectivity index (χ4n) is 1.13. The minimum Gasteiger partial charge on any atom is -0.270 e. The Bertz CT molecular complexity index is 452. The first-order valence-electron chi connectivity index (χ1n) is 5.05. The third-order valence-electron chi connectivity index (χ3n) is 2.41. The quantitative estimate of drug-likeness (QED) is 0.779. The zero-order chi connectivity index (χ0) is 12.6. The molecule has 0 spiro atoms. The molecule has 0 atom stereocenters. The topological polar surface area (TPSA) is 52.0 Å². The standard InChI is InChI=1S/C10H17IN2O2S/c1-8-7-13(12-9(8)11)5-6-16(14,15)10(2,3)4/h7H,5-6H2,1-4H3. The molecule has 0 bridgehead atoms. The van der Waals surface area contributed by atoms with Crippen LogP contribution in [0.1, 0.15) is 26.3 Å². The molecular formula is C10H17IN2O2S. The summed E-state index contributed by atoms with van der Waals surface area (Å²) in [7, 11) is -3.06. The lowest BCUT2D eigenvalue weighted by molar-refractivity contribution is 0.548. The second kappa shape index (κ2) is 4.64. The predicted octanol–water partition coefficient (Wildman–Crippen LogP) is 2.01. The van der Waals surface area contributed by atoms with Crippen molar-refractivity contribution in [2.45, 2.75) is 39.0 Å². The van der Waals surface area contributed by atoms with Crippen LogP contribution in [0, 0.1) is 10.6 Å². The Labute approximate surface area is 110 Å². The summed E-state index contributed by atoms with van der Waals surface area (Å²) in [5.41, 5.74) is 1.08. The first-order chi connectivity index (χ1) is 7.13. The molecule has 0 radical (unpaired) electrons. The van der Waals surface area contributed by atoms with Crippen molar-refractivity contribution in [2.24, 2.45) is 0 Å². The third-order valence-corrected chi connectivity index (χ3v) is 6.06. The van der Waals surface area contributed by atoms with Crippen molar-refractivity contribution in [3.63, 3.8) is 0 Å². The number of rotatable bonds is 3. The largest absolute Gasteiger partial charge is 0.270 e. The maximum absolute atomic E-state index is 11.9. The molecule has 1 heterocycles. The summed E-state index contributed by atoms with van der Waals surface area (Å²) in [6.45, 7) is 7.55. The van der Waals surface area contributed by atoms with E-state index in [0.29, 0.717) is 6.54 Å². The Kier molecular flexibility index (Phi) is 4.04. The molecule has 0 aliphatic rings. The van der Waals surface area contributed by atoms with Crippen molar-refractivity contribution >= 4 is 32.4 Å². The summed E-state index contributed by atoms with van der Waals surface area (Å²) in [6, 6.07) is 0. The second-order valence-electron chi connectivity index (χ2n) is 4.80. The van der Waals surface area contributed by atoms with E-state index in [1.165, 1.54) is 0 Å². The smallest absolute Gasteiger partial charge is 0.157 e. The molecule has 1 rings (SSSR count). The number of sulfone groups is 1. The van der Waals surface area contributed by atoms with Crippen molar-refractivity contribution in [1.82, 2.24) is 9.78 Å². The Morgan fingerprint density at radius 2 is 2.00 bits per heavy atom. The molecule has 0 aromatic carbocycles. The van der Waals surface area contributed by atoms with E-state index in [-0.39, 0.29) is 5.75 Å². The van der Waals surface area contributed by atoms with Crippen LogP contribution < -0.4 is 0 Å². The lowest BCUT2D eigenvalue weighted by Gasteiger charge is -2.18. The molecular weight excluding hydrogens is 339 g/mol. The van der Waals surface area contributed by atoms with Gasteiger partial charge in [0.2, 0.25) is 0 Å². The van der Waals surface area contributed by atoms with E-state index < -0.39 is 14.6 Å². The number of aromatic nitrogens is 2. The molecule has 0 aliphatic carbocycles. The summed E-state index contributed by atoms with van der Waals surface area (Å²) in [6.07, 6.45) is 1.87. The zero-order valence-corrected chi connectivity index (χ0v) is 13.0. The number of hydrogen-bond acceptors (Lipinski definition) is 3. The van der Waals surface area contributed by atoms with Crippen molar-refractivity contribution in [2.75, 3.05) is 5.75 Å². The molecule has 0 fully saturated rings. The highest BCUT2D eigenvalue weighted by atomic mass is 127. The molecule has 0 amide bonds. The van der Waals surface area contributed by atoms with Crippen molar-refractivity contribution in [1.29, 1.82) is 0 Å². The van der Waals surface area contributed by atoms with Crippen LogP contribution in [0.4, 0.5) is 0 Å². The van der Waals surface area contributed by atoms with Crippen molar-refractivity contribution < 1.29 is 8.42 Å². The lowest BCUT2D eigenvalue weighted by Crippen LogP contribution is -2.32. The fraction of sp³-hybridized carbons (Fsp3) is 0.700. The molecule has 1 aromatic rings. The lowest BCUT2D eigenvalue weighted by atomic mass is 10.3. The summed E-state index contributed by atoms with van der Waals surface area (Å²) < 4.78 is 25.7. The van der Waals surface area contributed by atoms with Gasteiger partial charge in [-0.2, -0.15) is 5.10 Å². The van der Waals surface area contributed by atoms with Gasteiger partial charge >= 0.3 is 0 Å². The van der Waals surface area contributed by atoms with Crippen LogP contribution >= 0.6 is 22.6 Å². The Morgan fingerprint density at radius 3 is 2.38 bits per heavy atom. The highest BCUT2D eigenvalue weighted by Crippen LogP contribution is 2.16. The van der Waals surface area contributed by atoms with Gasteiger partial charge in [0.1, 0.15) is 3.70 Å². The van der Waals surface area contributed by atoms with Crippen LogP contribution in [0.15, 0.2) is 6.20 Å². The van der Waals surface area contributed by atoms with E-state index >= 15 is 0 Å². The van der Waals surface area contributed by atoms with Gasteiger partial charge in [0.15, 0.2) is 9.84 Å². The van der Waals surface area contributed by atoms with Crippen LogP contribution in [0.25, 0.3) is 0 Å². The summed E-state index contributed by atoms with van der Waals surface area (Å²) in [4.78, 5) is 0. The molecule has 1 aromatic heterocycles. The van der Waals surface area contributed by atoms with E-state index in [0.717, 1.165) is 9.26 Å². The van der Waals surface area contributed by atoms with Gasteiger partial charge in [-0.25, -0.2) is 8.42 Å². The summed E-state index contributed by atoms with van der Waals surface area (Å²) in [5.74, 6) is 0.133. The van der Waals surface area contributed by atoms with Crippen LogP contribution in [0.5, 0.6) is 0 Å². The molecule has 6 heteroatoms. The first kappa shape index (κ1) is 14.0. The summed E-state index contributed by atoms with van der Waals surface area (Å²) in [5, 5.41) is 4.23.